The molecule has 94 valence electrons. The van der Waals surface area contributed by atoms with Crippen LogP contribution in [-0.2, 0) is 17.6 Å². The van der Waals surface area contributed by atoms with Crippen LogP contribution in [0, 0.1) is 0 Å². The Morgan fingerprint density at radius 3 is 2.61 bits per heavy atom. The topological polar surface area (TPSA) is 43.1 Å². The molecular formula is C14H14BrNOS. The van der Waals surface area contributed by atoms with E-state index in [9.17, 15) is 4.79 Å². The van der Waals surface area contributed by atoms with Gasteiger partial charge in [-0.1, -0.05) is 12.1 Å². The number of nitrogens with two attached hydrogens (primary N) is 1. The van der Waals surface area contributed by atoms with Gasteiger partial charge in [-0.05, 0) is 46.1 Å². The molecule has 1 aromatic heterocycles. The first kappa shape index (κ1) is 13.3. The zero-order valence-corrected chi connectivity index (χ0v) is 12.3. The van der Waals surface area contributed by atoms with Crippen molar-refractivity contribution in [1.29, 1.82) is 0 Å². The third-order valence-corrected chi connectivity index (χ3v) is 4.36. The van der Waals surface area contributed by atoms with Gasteiger partial charge in [0.1, 0.15) is 5.78 Å². The number of carbonyl (C=O) groups excluding carboxylic acids is 1. The molecule has 0 spiro atoms. The van der Waals surface area contributed by atoms with E-state index in [4.69, 9.17) is 5.73 Å². The van der Waals surface area contributed by atoms with Crippen molar-refractivity contribution in [2.45, 2.75) is 19.3 Å². The second-order valence-corrected chi connectivity index (χ2v) is 6.10. The minimum absolute atomic E-state index is 0.279. The summed E-state index contributed by atoms with van der Waals surface area (Å²) in [6.07, 6.45) is 1.90. The number of Topliss-reactive ketones (excluding diaryl/α,β-unsaturated/α-hetero) is 1. The predicted octanol–water partition coefficient (Wildman–Crippen LogP) is 3.84. The van der Waals surface area contributed by atoms with Gasteiger partial charge in [-0.15, -0.1) is 11.3 Å². The van der Waals surface area contributed by atoms with Crippen LogP contribution in [0.3, 0.4) is 0 Å². The van der Waals surface area contributed by atoms with Gasteiger partial charge in [0, 0.05) is 33.3 Å². The predicted molar refractivity (Wildman–Crippen MR) is 79.9 cm³/mol. The number of thiophene rings is 1. The van der Waals surface area contributed by atoms with Gasteiger partial charge >= 0.3 is 0 Å². The molecule has 0 saturated heterocycles. The van der Waals surface area contributed by atoms with Crippen LogP contribution in [0.4, 0.5) is 5.69 Å². The zero-order chi connectivity index (χ0) is 13.0. The molecular weight excluding hydrogens is 310 g/mol. The second kappa shape index (κ2) is 6.16. The Labute approximate surface area is 119 Å². The van der Waals surface area contributed by atoms with Crippen molar-refractivity contribution in [3.8, 4) is 0 Å². The van der Waals surface area contributed by atoms with Crippen molar-refractivity contribution < 1.29 is 4.79 Å². The van der Waals surface area contributed by atoms with Crippen LogP contribution in [-0.4, -0.2) is 5.78 Å². The molecule has 2 nitrogen and oxygen atoms in total. The third-order valence-electron chi connectivity index (χ3n) is 2.67. The lowest BCUT2D eigenvalue weighted by atomic mass is 10.1. The Balaban J connectivity index is 1.83. The fourth-order valence-electron chi connectivity index (χ4n) is 1.70. The lowest BCUT2D eigenvalue weighted by Crippen LogP contribution is -2.03. The molecule has 0 fully saturated rings. The van der Waals surface area contributed by atoms with Crippen molar-refractivity contribution in [2.24, 2.45) is 0 Å². The highest BCUT2D eigenvalue weighted by Gasteiger charge is 2.06. The monoisotopic (exact) mass is 323 g/mol. The van der Waals surface area contributed by atoms with Gasteiger partial charge in [-0.2, -0.15) is 0 Å². The van der Waals surface area contributed by atoms with Crippen molar-refractivity contribution in [1.82, 2.24) is 0 Å². The summed E-state index contributed by atoms with van der Waals surface area (Å²) in [7, 11) is 0. The number of halogens is 1. The number of benzene rings is 1. The van der Waals surface area contributed by atoms with E-state index < -0.39 is 0 Å². The minimum atomic E-state index is 0.279. The van der Waals surface area contributed by atoms with Crippen molar-refractivity contribution in [2.75, 3.05) is 5.73 Å². The summed E-state index contributed by atoms with van der Waals surface area (Å²) in [6, 6.07) is 9.70. The number of hydrogen-bond acceptors (Lipinski definition) is 3. The first-order valence-corrected chi connectivity index (χ1v) is 7.40. The Kier molecular flexibility index (Phi) is 4.55. The Hall–Kier alpha value is -1.13. The molecule has 0 saturated carbocycles. The van der Waals surface area contributed by atoms with E-state index in [1.54, 1.807) is 11.3 Å². The van der Waals surface area contributed by atoms with Crippen LogP contribution in [0.2, 0.25) is 0 Å². The highest BCUT2D eigenvalue weighted by Crippen LogP contribution is 2.20. The number of anilines is 1. The van der Waals surface area contributed by atoms with Crippen molar-refractivity contribution in [3.63, 3.8) is 0 Å². The standard InChI is InChI=1S/C14H14BrNOS/c15-11-7-14(18-9-11)8-13(17)6-3-10-1-4-12(16)5-2-10/h1-2,4-5,7,9H,3,6,8,16H2. The molecule has 0 atom stereocenters. The molecule has 0 unspecified atom stereocenters. The molecule has 0 aliphatic rings. The SMILES string of the molecule is Nc1ccc(CCC(=O)Cc2cc(Br)cs2)cc1. The van der Waals surface area contributed by atoms with E-state index >= 15 is 0 Å². The number of rotatable bonds is 5. The zero-order valence-electron chi connectivity index (χ0n) is 9.86. The Bertz CT molecular complexity index is 533. The summed E-state index contributed by atoms with van der Waals surface area (Å²) in [5, 5.41) is 2.00. The lowest BCUT2D eigenvalue weighted by molar-refractivity contribution is -0.118. The average Bonchev–Trinajstić information content (AvgIpc) is 2.74. The number of aryl methyl sites for hydroxylation is 1. The maximum Gasteiger partial charge on any atom is 0.138 e. The molecule has 4 heteroatoms. The fraction of sp³-hybridized carbons (Fsp3) is 0.214. The summed E-state index contributed by atoms with van der Waals surface area (Å²) in [5.41, 5.74) is 7.53. The summed E-state index contributed by atoms with van der Waals surface area (Å²) in [5.74, 6) is 0.279. The quantitative estimate of drug-likeness (QED) is 0.849. The number of carbonyl (C=O) groups is 1. The fourth-order valence-corrected chi connectivity index (χ4v) is 3.18. The van der Waals surface area contributed by atoms with Gasteiger partial charge < -0.3 is 5.73 Å². The Morgan fingerprint density at radius 1 is 1.28 bits per heavy atom. The second-order valence-electron chi connectivity index (χ2n) is 4.19. The highest BCUT2D eigenvalue weighted by molar-refractivity contribution is 9.10. The summed E-state index contributed by atoms with van der Waals surface area (Å²) in [6.45, 7) is 0. The number of hydrogen-bond donors (Lipinski definition) is 1. The van der Waals surface area contributed by atoms with Crippen LogP contribution in [0.15, 0.2) is 40.2 Å². The van der Waals surface area contributed by atoms with E-state index in [0.717, 1.165) is 27.0 Å². The van der Waals surface area contributed by atoms with Crippen molar-refractivity contribution in [3.05, 3.63) is 50.6 Å². The molecule has 1 heterocycles. The van der Waals surface area contributed by atoms with E-state index in [1.165, 1.54) is 0 Å². The normalized spacial score (nSPS) is 10.5. The molecule has 0 aliphatic heterocycles. The average molecular weight is 324 g/mol. The number of nitrogen functional groups attached to an aromatic ring is 1. The molecule has 0 bridgehead atoms. The van der Waals surface area contributed by atoms with E-state index in [2.05, 4.69) is 15.9 Å². The lowest BCUT2D eigenvalue weighted by Gasteiger charge is -2.01. The first-order valence-electron chi connectivity index (χ1n) is 5.72. The highest BCUT2D eigenvalue weighted by atomic mass is 79.9. The maximum absolute atomic E-state index is 11.8. The van der Waals surface area contributed by atoms with Gasteiger partial charge in [0.15, 0.2) is 0 Å². The Morgan fingerprint density at radius 2 is 2.00 bits per heavy atom. The molecule has 2 N–H and O–H groups in total. The van der Waals surface area contributed by atoms with E-state index in [-0.39, 0.29) is 5.78 Å². The molecule has 0 radical (unpaired) electrons. The molecule has 2 rings (SSSR count). The molecule has 2 aromatic rings. The van der Waals surface area contributed by atoms with Gasteiger partial charge in [0.2, 0.25) is 0 Å². The summed E-state index contributed by atoms with van der Waals surface area (Å²) < 4.78 is 1.05. The van der Waals surface area contributed by atoms with Crippen molar-refractivity contribution >= 4 is 38.7 Å². The molecule has 0 aliphatic carbocycles. The molecule has 18 heavy (non-hydrogen) atoms. The first-order chi connectivity index (χ1) is 8.63. The van der Waals surface area contributed by atoms with Gasteiger partial charge in [0.05, 0.1) is 0 Å². The smallest absolute Gasteiger partial charge is 0.138 e. The van der Waals surface area contributed by atoms with Crippen LogP contribution in [0.5, 0.6) is 0 Å². The maximum atomic E-state index is 11.8. The molecule has 0 amide bonds. The summed E-state index contributed by atoms with van der Waals surface area (Å²) in [4.78, 5) is 12.9. The molecule has 1 aromatic carbocycles. The largest absolute Gasteiger partial charge is 0.399 e. The summed E-state index contributed by atoms with van der Waals surface area (Å²) >= 11 is 5.01. The van der Waals surface area contributed by atoms with E-state index in [0.29, 0.717) is 12.8 Å². The third kappa shape index (κ3) is 3.96. The van der Waals surface area contributed by atoms with Gasteiger partial charge in [-0.25, -0.2) is 0 Å². The van der Waals surface area contributed by atoms with Crippen LogP contribution in [0.25, 0.3) is 0 Å². The van der Waals surface area contributed by atoms with Crippen LogP contribution >= 0.6 is 27.3 Å². The van der Waals surface area contributed by atoms with Crippen LogP contribution < -0.4 is 5.73 Å². The van der Waals surface area contributed by atoms with Gasteiger partial charge in [-0.3, -0.25) is 4.79 Å². The van der Waals surface area contributed by atoms with Gasteiger partial charge in [0.25, 0.3) is 0 Å². The number of ketones is 1. The van der Waals surface area contributed by atoms with Crippen LogP contribution in [0.1, 0.15) is 16.9 Å². The van der Waals surface area contributed by atoms with E-state index in [1.807, 2.05) is 35.7 Å². The minimum Gasteiger partial charge on any atom is -0.399 e.